The standard InChI is InChI=1S/C16H15BrClNO4S/c1-22-16(21)8-12(14-3-2-6-24-14)19-15(20)9-23-13-5-4-10(18)7-11(13)17/h2-7,12H,8-9H2,1H3,(H,19,20). The van der Waals surface area contributed by atoms with E-state index < -0.39 is 12.0 Å². The highest BCUT2D eigenvalue weighted by Crippen LogP contribution is 2.28. The molecule has 8 heteroatoms. The Labute approximate surface area is 157 Å². The predicted octanol–water partition coefficient (Wildman–Crippen LogP) is 3.96. The molecule has 0 aliphatic rings. The van der Waals surface area contributed by atoms with E-state index in [-0.39, 0.29) is 18.9 Å². The number of ether oxygens (including phenoxy) is 2. The molecule has 1 N–H and O–H groups in total. The molecule has 1 heterocycles. The molecule has 1 aromatic heterocycles. The highest BCUT2D eigenvalue weighted by atomic mass is 79.9. The molecular formula is C16H15BrClNO4S. The van der Waals surface area contributed by atoms with E-state index in [1.807, 2.05) is 17.5 Å². The molecule has 0 saturated carbocycles. The summed E-state index contributed by atoms with van der Waals surface area (Å²) in [6.07, 6.45) is 0.0629. The second-order valence-corrected chi connectivity index (χ2v) is 7.05. The Morgan fingerprint density at radius 1 is 1.38 bits per heavy atom. The molecule has 0 aliphatic heterocycles. The molecule has 0 radical (unpaired) electrons. The van der Waals surface area contributed by atoms with E-state index in [1.165, 1.54) is 18.4 Å². The van der Waals surface area contributed by atoms with Crippen LogP contribution < -0.4 is 10.1 Å². The van der Waals surface area contributed by atoms with Crippen LogP contribution in [0.15, 0.2) is 40.2 Å². The highest BCUT2D eigenvalue weighted by molar-refractivity contribution is 9.10. The lowest BCUT2D eigenvalue weighted by Crippen LogP contribution is -2.33. The Bertz CT molecular complexity index is 708. The first kappa shape index (κ1) is 18.8. The van der Waals surface area contributed by atoms with Crippen molar-refractivity contribution in [1.82, 2.24) is 5.32 Å². The van der Waals surface area contributed by atoms with Gasteiger partial charge in [-0.3, -0.25) is 9.59 Å². The van der Waals surface area contributed by atoms with Gasteiger partial charge in [-0.25, -0.2) is 0 Å². The Morgan fingerprint density at radius 3 is 2.79 bits per heavy atom. The van der Waals surface area contributed by atoms with Crippen LogP contribution in [0.3, 0.4) is 0 Å². The number of halogens is 2. The van der Waals surface area contributed by atoms with Gasteiger partial charge < -0.3 is 14.8 Å². The molecule has 5 nitrogen and oxygen atoms in total. The van der Waals surface area contributed by atoms with E-state index in [9.17, 15) is 9.59 Å². The van der Waals surface area contributed by atoms with E-state index >= 15 is 0 Å². The molecule has 1 amide bonds. The van der Waals surface area contributed by atoms with Gasteiger partial charge in [0.05, 0.1) is 24.0 Å². The maximum Gasteiger partial charge on any atom is 0.307 e. The molecule has 0 fully saturated rings. The van der Waals surface area contributed by atoms with Crippen molar-refractivity contribution < 1.29 is 19.1 Å². The fraction of sp³-hybridized carbons (Fsp3) is 0.250. The lowest BCUT2D eigenvalue weighted by molar-refractivity contribution is -0.141. The van der Waals surface area contributed by atoms with E-state index in [0.717, 1.165) is 4.88 Å². The Balaban J connectivity index is 1.96. The number of benzene rings is 1. The Hall–Kier alpha value is -1.57. The summed E-state index contributed by atoms with van der Waals surface area (Å²) in [5.41, 5.74) is 0. The maximum absolute atomic E-state index is 12.1. The summed E-state index contributed by atoms with van der Waals surface area (Å²) in [6, 6.07) is 8.30. The van der Waals surface area contributed by atoms with Crippen LogP contribution in [0.2, 0.25) is 5.02 Å². The monoisotopic (exact) mass is 431 g/mol. The maximum atomic E-state index is 12.1. The zero-order valence-electron chi connectivity index (χ0n) is 12.8. The van der Waals surface area contributed by atoms with Gasteiger partial charge >= 0.3 is 5.97 Å². The van der Waals surface area contributed by atoms with Gasteiger partial charge in [-0.2, -0.15) is 0 Å². The summed E-state index contributed by atoms with van der Waals surface area (Å²) in [7, 11) is 1.32. The number of nitrogens with one attached hydrogen (secondary N) is 1. The van der Waals surface area contributed by atoms with E-state index in [2.05, 4.69) is 26.0 Å². The molecule has 0 spiro atoms. The van der Waals surface area contributed by atoms with Gasteiger partial charge in [0.2, 0.25) is 0 Å². The lowest BCUT2D eigenvalue weighted by Gasteiger charge is -2.17. The molecule has 2 aromatic rings. The minimum atomic E-state index is -0.442. The van der Waals surface area contributed by atoms with Gasteiger partial charge in [0.1, 0.15) is 5.75 Å². The molecule has 1 aromatic carbocycles. The van der Waals surface area contributed by atoms with Crippen LogP contribution in [0, 0.1) is 0 Å². The third-order valence-corrected chi connectivity index (χ3v) is 4.91. The number of thiophene rings is 1. The summed E-state index contributed by atoms with van der Waals surface area (Å²) in [5, 5.41) is 5.24. The molecule has 24 heavy (non-hydrogen) atoms. The van der Waals surface area contributed by atoms with Crippen LogP contribution in [0.4, 0.5) is 0 Å². The molecule has 0 bridgehead atoms. The lowest BCUT2D eigenvalue weighted by atomic mass is 10.1. The first-order valence-corrected chi connectivity index (χ1v) is 9.02. The number of esters is 1. The molecule has 0 aliphatic carbocycles. The first-order valence-electron chi connectivity index (χ1n) is 6.97. The molecule has 128 valence electrons. The quantitative estimate of drug-likeness (QED) is 0.673. The van der Waals surface area contributed by atoms with Crippen molar-refractivity contribution in [1.29, 1.82) is 0 Å². The van der Waals surface area contributed by atoms with Gasteiger partial charge in [0.25, 0.3) is 5.91 Å². The predicted molar refractivity (Wildman–Crippen MR) is 96.5 cm³/mol. The van der Waals surface area contributed by atoms with Gasteiger partial charge in [-0.15, -0.1) is 11.3 Å². The number of amides is 1. The van der Waals surface area contributed by atoms with Gasteiger partial charge in [0.15, 0.2) is 6.61 Å². The fourth-order valence-electron chi connectivity index (χ4n) is 1.93. The van der Waals surface area contributed by atoms with Crippen LogP contribution >= 0.6 is 38.9 Å². The summed E-state index contributed by atoms with van der Waals surface area (Å²) < 4.78 is 10.8. The van der Waals surface area contributed by atoms with E-state index in [0.29, 0.717) is 15.2 Å². The third-order valence-electron chi connectivity index (χ3n) is 3.07. The van der Waals surface area contributed by atoms with Crippen molar-refractivity contribution in [3.05, 3.63) is 50.1 Å². The number of rotatable bonds is 7. The Morgan fingerprint density at radius 2 is 2.17 bits per heavy atom. The smallest absolute Gasteiger partial charge is 0.307 e. The fourth-order valence-corrected chi connectivity index (χ4v) is 3.51. The van der Waals surface area contributed by atoms with Crippen molar-refractivity contribution in [2.45, 2.75) is 12.5 Å². The number of hydrogen-bond donors (Lipinski definition) is 1. The Kier molecular flexibility index (Phi) is 7.08. The van der Waals surface area contributed by atoms with Crippen LogP contribution in [0.5, 0.6) is 5.75 Å². The van der Waals surface area contributed by atoms with Crippen molar-refractivity contribution in [3.63, 3.8) is 0 Å². The van der Waals surface area contributed by atoms with Crippen LogP contribution in [-0.4, -0.2) is 25.6 Å². The van der Waals surface area contributed by atoms with Gasteiger partial charge in [-0.1, -0.05) is 17.7 Å². The zero-order valence-corrected chi connectivity index (χ0v) is 15.9. The van der Waals surface area contributed by atoms with Crippen molar-refractivity contribution >= 4 is 50.7 Å². The third kappa shape index (κ3) is 5.51. The first-order chi connectivity index (χ1) is 11.5. The summed E-state index contributed by atoms with van der Waals surface area (Å²) in [4.78, 5) is 24.6. The average Bonchev–Trinajstić information content (AvgIpc) is 3.07. The highest BCUT2D eigenvalue weighted by Gasteiger charge is 2.20. The number of hydrogen-bond acceptors (Lipinski definition) is 5. The van der Waals surface area contributed by atoms with Gasteiger partial charge in [-0.05, 0) is 45.6 Å². The SMILES string of the molecule is COC(=O)CC(NC(=O)COc1ccc(Cl)cc1Br)c1cccs1. The average molecular weight is 433 g/mol. The zero-order chi connectivity index (χ0) is 17.5. The molecule has 0 saturated heterocycles. The minimum absolute atomic E-state index is 0.0629. The van der Waals surface area contributed by atoms with Gasteiger partial charge in [0, 0.05) is 9.90 Å². The molecule has 2 rings (SSSR count). The van der Waals surface area contributed by atoms with E-state index in [4.69, 9.17) is 16.3 Å². The van der Waals surface area contributed by atoms with Crippen LogP contribution in [-0.2, 0) is 14.3 Å². The van der Waals surface area contributed by atoms with Crippen molar-refractivity contribution in [2.75, 3.05) is 13.7 Å². The number of methoxy groups -OCH3 is 1. The van der Waals surface area contributed by atoms with Crippen molar-refractivity contribution in [2.24, 2.45) is 0 Å². The second-order valence-electron chi connectivity index (χ2n) is 4.78. The summed E-state index contributed by atoms with van der Waals surface area (Å²) in [5.74, 6) is -0.218. The van der Waals surface area contributed by atoms with E-state index in [1.54, 1.807) is 18.2 Å². The largest absolute Gasteiger partial charge is 0.483 e. The second kappa shape index (κ2) is 9.05. The number of carbonyl (C=O) groups is 2. The molecular weight excluding hydrogens is 418 g/mol. The minimum Gasteiger partial charge on any atom is -0.483 e. The van der Waals surface area contributed by atoms with Crippen LogP contribution in [0.25, 0.3) is 0 Å². The molecule has 1 unspecified atom stereocenters. The number of carbonyl (C=O) groups excluding carboxylic acids is 2. The topological polar surface area (TPSA) is 64.6 Å². The molecule has 1 atom stereocenters. The van der Waals surface area contributed by atoms with Crippen molar-refractivity contribution in [3.8, 4) is 5.75 Å². The summed E-state index contributed by atoms with van der Waals surface area (Å²) in [6.45, 7) is -0.177. The summed E-state index contributed by atoms with van der Waals surface area (Å²) >= 11 is 10.6. The normalized spacial score (nSPS) is 11.6. The van der Waals surface area contributed by atoms with Crippen LogP contribution in [0.1, 0.15) is 17.3 Å².